The minimum absolute atomic E-state index is 0.0801. The fourth-order valence-corrected chi connectivity index (χ4v) is 3.34. The molecule has 1 aromatic carbocycles. The van der Waals surface area contributed by atoms with E-state index in [1.54, 1.807) is 10.8 Å². The summed E-state index contributed by atoms with van der Waals surface area (Å²) >= 11 is 5.83. The summed E-state index contributed by atoms with van der Waals surface area (Å²) in [6, 6.07) is 3.26. The molecule has 0 aliphatic carbocycles. The first-order valence-corrected chi connectivity index (χ1v) is 8.44. The molecule has 8 heteroatoms. The fourth-order valence-electron chi connectivity index (χ4n) is 2.33. The van der Waals surface area contributed by atoms with E-state index in [1.165, 1.54) is 6.07 Å². The van der Waals surface area contributed by atoms with Crippen LogP contribution in [-0.2, 0) is 22.9 Å². The number of hydrogen-bond donors (Lipinski definition) is 0. The number of fused-ring (bicyclic) bond motifs is 1. The van der Waals surface area contributed by atoms with Crippen molar-refractivity contribution in [2.24, 2.45) is 0 Å². The third-order valence-electron chi connectivity index (χ3n) is 3.13. The van der Waals surface area contributed by atoms with Crippen molar-refractivity contribution in [2.75, 3.05) is 12.0 Å². The first-order chi connectivity index (χ1) is 9.74. The molecule has 0 aliphatic heterocycles. The molecule has 0 saturated heterocycles. The summed E-state index contributed by atoms with van der Waals surface area (Å²) in [4.78, 5) is 4.17. The first kappa shape index (κ1) is 16.3. The average molecular weight is 339 g/mol. The van der Waals surface area contributed by atoms with Gasteiger partial charge in [-0.2, -0.15) is 13.2 Å². The summed E-state index contributed by atoms with van der Waals surface area (Å²) in [6.07, 6.45) is -2.83. The first-order valence-electron chi connectivity index (χ1n) is 6.18. The van der Waals surface area contributed by atoms with Crippen LogP contribution in [0.3, 0.4) is 0 Å². The maximum absolute atomic E-state index is 12.7. The largest absolute Gasteiger partial charge is 0.416 e. The van der Waals surface area contributed by atoms with Crippen LogP contribution in [0.15, 0.2) is 18.2 Å². The van der Waals surface area contributed by atoms with Crippen LogP contribution in [0.4, 0.5) is 13.2 Å². The van der Waals surface area contributed by atoms with Gasteiger partial charge in [0.2, 0.25) is 0 Å². The van der Waals surface area contributed by atoms with Gasteiger partial charge in [0.15, 0.2) is 0 Å². The van der Waals surface area contributed by atoms with Crippen LogP contribution >= 0.6 is 11.6 Å². The van der Waals surface area contributed by atoms with Gasteiger partial charge in [-0.1, -0.05) is 0 Å². The highest BCUT2D eigenvalue weighted by molar-refractivity contribution is 7.84. The van der Waals surface area contributed by atoms with E-state index in [0.29, 0.717) is 17.1 Å². The molecule has 0 aliphatic rings. The quantitative estimate of drug-likeness (QED) is 0.796. The van der Waals surface area contributed by atoms with Gasteiger partial charge < -0.3 is 4.57 Å². The molecule has 1 heterocycles. The predicted octanol–water partition coefficient (Wildman–Crippen LogP) is 3.73. The van der Waals surface area contributed by atoms with Gasteiger partial charge in [-0.05, 0) is 25.1 Å². The molecule has 2 unspecified atom stereocenters. The third-order valence-corrected chi connectivity index (χ3v) is 4.32. The molecule has 0 bridgehead atoms. The Balaban J connectivity index is 2.57. The molecule has 3 nitrogen and oxygen atoms in total. The van der Waals surface area contributed by atoms with Crippen LogP contribution in [0, 0.1) is 0 Å². The van der Waals surface area contributed by atoms with Crippen LogP contribution < -0.4 is 0 Å². The normalized spacial score (nSPS) is 15.3. The monoisotopic (exact) mass is 338 g/mol. The van der Waals surface area contributed by atoms with Crippen molar-refractivity contribution in [3.05, 3.63) is 29.6 Å². The van der Waals surface area contributed by atoms with Gasteiger partial charge in [-0.3, -0.25) is 4.21 Å². The lowest BCUT2D eigenvalue weighted by Crippen LogP contribution is -2.15. The van der Waals surface area contributed by atoms with Crippen molar-refractivity contribution < 1.29 is 17.4 Å². The van der Waals surface area contributed by atoms with E-state index < -0.39 is 22.5 Å². The lowest BCUT2D eigenvalue weighted by molar-refractivity contribution is -0.137. The highest BCUT2D eigenvalue weighted by Gasteiger charge is 2.31. The van der Waals surface area contributed by atoms with E-state index in [0.717, 1.165) is 12.1 Å². The van der Waals surface area contributed by atoms with Crippen molar-refractivity contribution in [2.45, 2.75) is 25.0 Å². The molecule has 2 rings (SSSR count). The number of hydrogen-bond acceptors (Lipinski definition) is 2. The van der Waals surface area contributed by atoms with Gasteiger partial charge in [0, 0.05) is 28.9 Å². The Labute approximate surface area is 127 Å². The number of rotatable bonds is 4. The summed E-state index contributed by atoms with van der Waals surface area (Å²) in [6.45, 7) is 1.84. The second-order valence-corrected chi connectivity index (χ2v) is 6.57. The summed E-state index contributed by atoms with van der Waals surface area (Å²) in [5.41, 5.74) is 0.0679. The Morgan fingerprint density at radius 2 is 2.10 bits per heavy atom. The molecule has 0 saturated carbocycles. The maximum atomic E-state index is 12.7. The van der Waals surface area contributed by atoms with Crippen LogP contribution in [-0.4, -0.2) is 25.8 Å². The van der Waals surface area contributed by atoms with E-state index in [2.05, 4.69) is 4.98 Å². The van der Waals surface area contributed by atoms with E-state index in [4.69, 9.17) is 11.6 Å². The number of alkyl halides is 4. The smallest absolute Gasteiger partial charge is 0.323 e. The van der Waals surface area contributed by atoms with Crippen LogP contribution in [0.5, 0.6) is 0 Å². The Morgan fingerprint density at radius 1 is 1.43 bits per heavy atom. The van der Waals surface area contributed by atoms with Gasteiger partial charge in [0.25, 0.3) is 0 Å². The molecule has 0 spiro atoms. The number of halogens is 4. The average Bonchev–Trinajstić information content (AvgIpc) is 2.74. The second kappa shape index (κ2) is 5.96. The number of nitrogens with zero attached hydrogens (tertiary/aromatic N) is 2. The third kappa shape index (κ3) is 3.40. The zero-order valence-electron chi connectivity index (χ0n) is 11.4. The standard InChI is InChI=1S/C13H14ClF3N2OS/c1-8(7-21(2)20)19-11-4-3-9(13(15,16)17)5-10(11)18-12(19)6-14/h3-5,8H,6-7H2,1-2H3. The summed E-state index contributed by atoms with van der Waals surface area (Å²) < 4.78 is 51.3. The molecular formula is C13H14ClF3N2OS. The molecule has 21 heavy (non-hydrogen) atoms. The fraction of sp³-hybridized carbons (Fsp3) is 0.462. The molecular weight excluding hydrogens is 325 g/mol. The molecule has 0 N–H and O–H groups in total. The number of aromatic nitrogens is 2. The summed E-state index contributed by atoms with van der Waals surface area (Å²) in [5.74, 6) is 0.941. The lowest BCUT2D eigenvalue weighted by Gasteiger charge is -2.16. The second-order valence-electron chi connectivity index (χ2n) is 4.82. The minimum atomic E-state index is -4.41. The SMILES string of the molecule is CC(CS(C)=O)n1c(CCl)nc2cc(C(F)(F)F)ccc21. The Kier molecular flexibility index (Phi) is 4.63. The maximum Gasteiger partial charge on any atom is 0.416 e. The highest BCUT2D eigenvalue weighted by atomic mass is 35.5. The van der Waals surface area contributed by atoms with Crippen LogP contribution in [0.25, 0.3) is 11.0 Å². The molecule has 0 amide bonds. The Morgan fingerprint density at radius 3 is 2.62 bits per heavy atom. The van der Waals surface area contributed by atoms with Gasteiger partial charge >= 0.3 is 6.18 Å². The number of imidazole rings is 1. The van der Waals surface area contributed by atoms with Crippen LogP contribution in [0.1, 0.15) is 24.4 Å². The molecule has 2 aromatic rings. The molecule has 116 valence electrons. The van der Waals surface area contributed by atoms with E-state index >= 15 is 0 Å². The van der Waals surface area contributed by atoms with Crippen molar-refractivity contribution >= 4 is 33.4 Å². The molecule has 1 aromatic heterocycles. The lowest BCUT2D eigenvalue weighted by atomic mass is 10.2. The highest BCUT2D eigenvalue weighted by Crippen LogP contribution is 2.32. The topological polar surface area (TPSA) is 34.9 Å². The summed E-state index contributed by atoms with van der Waals surface area (Å²) in [7, 11) is -1.02. The van der Waals surface area contributed by atoms with Crippen molar-refractivity contribution in [3.8, 4) is 0 Å². The predicted molar refractivity (Wildman–Crippen MR) is 77.9 cm³/mol. The van der Waals surface area contributed by atoms with E-state index in [1.807, 2.05) is 6.92 Å². The Hall–Kier alpha value is -1.08. The number of benzene rings is 1. The van der Waals surface area contributed by atoms with E-state index in [9.17, 15) is 17.4 Å². The van der Waals surface area contributed by atoms with Gasteiger partial charge in [0.05, 0.1) is 22.5 Å². The van der Waals surface area contributed by atoms with E-state index in [-0.39, 0.29) is 17.4 Å². The van der Waals surface area contributed by atoms with Crippen molar-refractivity contribution in [3.63, 3.8) is 0 Å². The Bertz CT molecular complexity index is 684. The van der Waals surface area contributed by atoms with Crippen molar-refractivity contribution in [1.82, 2.24) is 9.55 Å². The molecule has 0 radical (unpaired) electrons. The molecule has 0 fully saturated rings. The van der Waals surface area contributed by atoms with Crippen molar-refractivity contribution in [1.29, 1.82) is 0 Å². The van der Waals surface area contributed by atoms with Gasteiger partial charge in [-0.25, -0.2) is 4.98 Å². The molecule has 2 atom stereocenters. The summed E-state index contributed by atoms with van der Waals surface area (Å²) in [5, 5.41) is 0. The zero-order valence-corrected chi connectivity index (χ0v) is 13.0. The minimum Gasteiger partial charge on any atom is -0.323 e. The van der Waals surface area contributed by atoms with Crippen LogP contribution in [0.2, 0.25) is 0 Å². The van der Waals surface area contributed by atoms with Gasteiger partial charge in [-0.15, -0.1) is 11.6 Å². The zero-order chi connectivity index (χ0) is 15.8. The van der Waals surface area contributed by atoms with Gasteiger partial charge in [0.1, 0.15) is 5.82 Å².